The zero-order chi connectivity index (χ0) is 29.6. The van der Waals surface area contributed by atoms with Crippen molar-refractivity contribution in [3.8, 4) is 5.75 Å². The Kier molecular flexibility index (Phi) is 8.72. The van der Waals surface area contributed by atoms with Crippen LogP contribution in [0.25, 0.3) is 0 Å². The third kappa shape index (κ3) is 6.58. The SMILES string of the molecule is O=C1c2ccc(OCc3ccccc3)cc2N(c2ccccc2)CN1CCCOC1SC(=O)N(Cc2ccccc2)C1=O. The Balaban J connectivity index is 1.09. The van der Waals surface area contributed by atoms with E-state index in [0.717, 1.165) is 34.3 Å². The Hall–Kier alpha value is -4.60. The van der Waals surface area contributed by atoms with Crippen molar-refractivity contribution < 1.29 is 23.9 Å². The van der Waals surface area contributed by atoms with Gasteiger partial charge in [-0.3, -0.25) is 19.3 Å². The monoisotopic (exact) mass is 593 g/mol. The van der Waals surface area contributed by atoms with Crippen LogP contribution in [0.5, 0.6) is 5.75 Å². The van der Waals surface area contributed by atoms with Crippen molar-refractivity contribution >= 4 is 40.2 Å². The summed E-state index contributed by atoms with van der Waals surface area (Å²) in [7, 11) is 0. The average Bonchev–Trinajstić information content (AvgIpc) is 3.31. The highest BCUT2D eigenvalue weighted by atomic mass is 32.2. The first-order valence-electron chi connectivity index (χ1n) is 14.2. The van der Waals surface area contributed by atoms with Crippen LogP contribution in [0, 0.1) is 0 Å². The van der Waals surface area contributed by atoms with E-state index in [1.165, 1.54) is 4.90 Å². The fraction of sp³-hybridized carbons (Fsp3) is 0.206. The molecule has 2 aliphatic heterocycles. The summed E-state index contributed by atoms with van der Waals surface area (Å²) >= 11 is 0.894. The molecular weight excluding hydrogens is 562 g/mol. The standard InChI is InChI=1S/C34H31N3O5S/c38-31-29-18-17-28(42-23-26-13-6-2-7-14-26)21-30(29)37(27-15-8-3-9-16-27)24-35(31)19-10-20-41-33-32(39)36(34(40)43-33)22-25-11-4-1-5-12-25/h1-9,11-18,21,33H,10,19-20,22-24H2. The summed E-state index contributed by atoms with van der Waals surface area (Å²) in [6.07, 6.45) is 0.513. The lowest BCUT2D eigenvalue weighted by Gasteiger charge is -2.38. The van der Waals surface area contributed by atoms with Gasteiger partial charge in [0.2, 0.25) is 0 Å². The maximum Gasteiger partial charge on any atom is 0.291 e. The number of carbonyl (C=O) groups excluding carboxylic acids is 3. The van der Waals surface area contributed by atoms with Gasteiger partial charge in [0.25, 0.3) is 17.1 Å². The van der Waals surface area contributed by atoms with E-state index in [-0.39, 0.29) is 30.2 Å². The summed E-state index contributed by atoms with van der Waals surface area (Å²) in [5, 5.41) is -0.313. The number of amides is 3. The van der Waals surface area contributed by atoms with Gasteiger partial charge in [0, 0.05) is 18.3 Å². The second-order valence-corrected chi connectivity index (χ2v) is 11.3. The molecule has 43 heavy (non-hydrogen) atoms. The third-order valence-electron chi connectivity index (χ3n) is 7.33. The Morgan fingerprint density at radius 3 is 2.19 bits per heavy atom. The minimum atomic E-state index is -0.871. The Labute approximate surface area is 254 Å². The molecular formula is C34H31N3O5S. The second-order valence-electron chi connectivity index (χ2n) is 10.3. The first-order valence-corrected chi connectivity index (χ1v) is 15.0. The summed E-state index contributed by atoms with van der Waals surface area (Å²) in [6, 6.07) is 34.8. The van der Waals surface area contributed by atoms with E-state index < -0.39 is 5.44 Å². The molecule has 3 amide bonds. The molecule has 0 spiro atoms. The molecule has 2 heterocycles. The molecule has 1 unspecified atom stereocenters. The third-order valence-corrected chi connectivity index (χ3v) is 8.30. The number of hydrogen-bond acceptors (Lipinski definition) is 7. The highest BCUT2D eigenvalue weighted by Crippen LogP contribution is 2.36. The van der Waals surface area contributed by atoms with Crippen molar-refractivity contribution in [2.75, 3.05) is 24.7 Å². The Morgan fingerprint density at radius 1 is 0.791 bits per heavy atom. The number of para-hydroxylation sites is 1. The van der Waals surface area contributed by atoms with Crippen LogP contribution in [0.3, 0.4) is 0 Å². The lowest BCUT2D eigenvalue weighted by Crippen LogP contribution is -2.45. The minimum absolute atomic E-state index is 0.0766. The smallest absolute Gasteiger partial charge is 0.291 e. The summed E-state index contributed by atoms with van der Waals surface area (Å²) < 4.78 is 11.9. The van der Waals surface area contributed by atoms with Gasteiger partial charge in [0.1, 0.15) is 12.4 Å². The number of hydrogen-bond donors (Lipinski definition) is 0. The minimum Gasteiger partial charge on any atom is -0.489 e. The van der Waals surface area contributed by atoms with Gasteiger partial charge in [0.05, 0.1) is 31.1 Å². The van der Waals surface area contributed by atoms with Crippen LogP contribution in [-0.4, -0.2) is 52.1 Å². The van der Waals surface area contributed by atoms with Gasteiger partial charge in [0.15, 0.2) is 5.44 Å². The van der Waals surface area contributed by atoms with E-state index in [4.69, 9.17) is 9.47 Å². The number of anilines is 2. The highest BCUT2D eigenvalue weighted by molar-refractivity contribution is 8.15. The fourth-order valence-corrected chi connectivity index (χ4v) is 5.97. The lowest BCUT2D eigenvalue weighted by molar-refractivity contribution is -0.134. The van der Waals surface area contributed by atoms with Crippen molar-refractivity contribution in [1.82, 2.24) is 9.80 Å². The van der Waals surface area contributed by atoms with E-state index in [1.807, 2.05) is 109 Å². The van der Waals surface area contributed by atoms with Gasteiger partial charge in [-0.05, 0) is 53.6 Å². The largest absolute Gasteiger partial charge is 0.489 e. The Morgan fingerprint density at radius 2 is 1.47 bits per heavy atom. The number of imide groups is 1. The molecule has 0 N–H and O–H groups in total. The molecule has 2 aliphatic rings. The topological polar surface area (TPSA) is 79.4 Å². The van der Waals surface area contributed by atoms with E-state index in [1.54, 1.807) is 4.90 Å². The molecule has 6 rings (SSSR count). The molecule has 0 radical (unpaired) electrons. The number of nitrogens with zero attached hydrogens (tertiary/aromatic N) is 3. The first-order chi connectivity index (χ1) is 21.1. The zero-order valence-corrected chi connectivity index (χ0v) is 24.3. The predicted molar refractivity (Wildman–Crippen MR) is 166 cm³/mol. The highest BCUT2D eigenvalue weighted by Gasteiger charge is 2.40. The summed E-state index contributed by atoms with van der Waals surface area (Å²) in [6.45, 7) is 1.69. The van der Waals surface area contributed by atoms with Gasteiger partial charge in [-0.1, -0.05) is 78.9 Å². The molecule has 1 saturated heterocycles. The molecule has 0 aromatic heterocycles. The number of fused-ring (bicyclic) bond motifs is 1. The maximum absolute atomic E-state index is 13.6. The van der Waals surface area contributed by atoms with Crippen LogP contribution >= 0.6 is 11.8 Å². The molecule has 1 atom stereocenters. The fourth-order valence-electron chi connectivity index (χ4n) is 5.11. The second kappa shape index (κ2) is 13.1. The van der Waals surface area contributed by atoms with Gasteiger partial charge in [-0.25, -0.2) is 0 Å². The van der Waals surface area contributed by atoms with Crippen LogP contribution in [0.15, 0.2) is 109 Å². The van der Waals surface area contributed by atoms with Crippen LogP contribution in [0.2, 0.25) is 0 Å². The molecule has 0 saturated carbocycles. The summed E-state index contributed by atoms with van der Waals surface area (Å²) in [5.41, 5.74) is 3.42. The van der Waals surface area contributed by atoms with Gasteiger partial charge >= 0.3 is 0 Å². The molecule has 4 aromatic carbocycles. The van der Waals surface area contributed by atoms with E-state index >= 15 is 0 Å². The maximum atomic E-state index is 13.6. The lowest BCUT2D eigenvalue weighted by atomic mass is 10.1. The van der Waals surface area contributed by atoms with Crippen LogP contribution in [-0.2, 0) is 22.7 Å². The summed E-state index contributed by atoms with van der Waals surface area (Å²) in [4.78, 5) is 44.0. The first kappa shape index (κ1) is 28.5. The number of ether oxygens (including phenoxy) is 2. The van der Waals surface area contributed by atoms with E-state index in [2.05, 4.69) is 4.90 Å². The molecule has 0 bridgehead atoms. The summed E-state index contributed by atoms with van der Waals surface area (Å²) in [5.74, 6) is 0.266. The van der Waals surface area contributed by atoms with Crippen molar-refractivity contribution in [2.45, 2.75) is 25.0 Å². The van der Waals surface area contributed by atoms with E-state index in [9.17, 15) is 14.4 Å². The molecule has 218 valence electrons. The van der Waals surface area contributed by atoms with Gasteiger partial charge < -0.3 is 19.3 Å². The predicted octanol–water partition coefficient (Wildman–Crippen LogP) is 6.45. The van der Waals surface area contributed by atoms with Crippen molar-refractivity contribution in [3.63, 3.8) is 0 Å². The van der Waals surface area contributed by atoms with Gasteiger partial charge in [-0.2, -0.15) is 0 Å². The molecule has 9 heteroatoms. The zero-order valence-electron chi connectivity index (χ0n) is 23.5. The van der Waals surface area contributed by atoms with Gasteiger partial charge in [-0.15, -0.1) is 0 Å². The van der Waals surface area contributed by atoms with Crippen molar-refractivity contribution in [2.24, 2.45) is 0 Å². The van der Waals surface area contributed by atoms with E-state index in [0.29, 0.717) is 37.6 Å². The number of thioether (sulfide) groups is 1. The number of benzene rings is 4. The van der Waals surface area contributed by atoms with Crippen LogP contribution in [0.1, 0.15) is 27.9 Å². The normalized spacial score (nSPS) is 16.5. The van der Waals surface area contributed by atoms with Crippen molar-refractivity contribution in [1.29, 1.82) is 0 Å². The molecule has 0 aliphatic carbocycles. The average molecular weight is 594 g/mol. The number of carbonyl (C=O) groups is 3. The number of rotatable bonds is 11. The molecule has 8 nitrogen and oxygen atoms in total. The van der Waals surface area contributed by atoms with Crippen LogP contribution < -0.4 is 9.64 Å². The van der Waals surface area contributed by atoms with Crippen molar-refractivity contribution in [3.05, 3.63) is 126 Å². The van der Waals surface area contributed by atoms with Crippen LogP contribution in [0.4, 0.5) is 16.2 Å². The Bertz CT molecular complexity index is 1590. The molecule has 4 aromatic rings. The quantitative estimate of drug-likeness (QED) is 0.185. The molecule has 1 fully saturated rings.